The first-order valence-corrected chi connectivity index (χ1v) is 8.84. The molecule has 3 nitrogen and oxygen atoms in total. The highest BCUT2D eigenvalue weighted by atomic mass is 16.3. The molecule has 0 bridgehead atoms. The maximum Gasteiger partial charge on any atom is 0.0446 e. The van der Waals surface area contributed by atoms with Gasteiger partial charge in [-0.2, -0.15) is 0 Å². The van der Waals surface area contributed by atoms with E-state index in [0.29, 0.717) is 18.1 Å². The summed E-state index contributed by atoms with van der Waals surface area (Å²) in [5.41, 5.74) is 0.706. The average molecular weight is 282 g/mol. The van der Waals surface area contributed by atoms with Gasteiger partial charge in [-0.25, -0.2) is 0 Å². The molecule has 1 aliphatic heterocycles. The number of nitrogens with zero attached hydrogens (tertiary/aromatic N) is 1. The highest BCUT2D eigenvalue weighted by Crippen LogP contribution is 2.44. The summed E-state index contributed by atoms with van der Waals surface area (Å²) in [6, 6.07) is 0.473. The number of likely N-dealkylation sites (tertiary alicyclic amines) is 1. The lowest BCUT2D eigenvalue weighted by Crippen LogP contribution is -2.47. The summed E-state index contributed by atoms with van der Waals surface area (Å²) in [5, 5.41) is 12.8. The molecule has 20 heavy (non-hydrogen) atoms. The van der Waals surface area contributed by atoms with Crippen LogP contribution in [0.1, 0.15) is 64.7 Å². The molecule has 0 amide bonds. The van der Waals surface area contributed by atoms with Crippen molar-refractivity contribution in [2.75, 3.05) is 32.8 Å². The Morgan fingerprint density at radius 3 is 2.40 bits per heavy atom. The van der Waals surface area contributed by atoms with Crippen molar-refractivity contribution >= 4 is 0 Å². The third kappa shape index (κ3) is 4.71. The van der Waals surface area contributed by atoms with Gasteiger partial charge in [0.1, 0.15) is 0 Å². The second-order valence-corrected chi connectivity index (χ2v) is 7.02. The summed E-state index contributed by atoms with van der Waals surface area (Å²) >= 11 is 0. The zero-order chi connectivity index (χ0) is 14.3. The van der Waals surface area contributed by atoms with Crippen LogP contribution in [0.15, 0.2) is 0 Å². The van der Waals surface area contributed by atoms with Gasteiger partial charge in [0.15, 0.2) is 0 Å². The van der Waals surface area contributed by atoms with Crippen molar-refractivity contribution in [2.24, 2.45) is 5.41 Å². The van der Waals surface area contributed by atoms with Crippen molar-refractivity contribution < 1.29 is 5.11 Å². The van der Waals surface area contributed by atoms with Crippen LogP contribution in [0, 0.1) is 5.41 Å². The second kappa shape index (κ2) is 8.35. The molecular formula is C17H34N2O. The van der Waals surface area contributed by atoms with Gasteiger partial charge in [0, 0.05) is 19.2 Å². The van der Waals surface area contributed by atoms with Crippen LogP contribution in [0.25, 0.3) is 0 Å². The van der Waals surface area contributed by atoms with Crippen molar-refractivity contribution in [1.82, 2.24) is 10.2 Å². The summed E-state index contributed by atoms with van der Waals surface area (Å²) in [6.07, 6.45) is 12.2. The summed E-state index contributed by atoms with van der Waals surface area (Å²) in [5.74, 6) is 0. The van der Waals surface area contributed by atoms with E-state index in [-0.39, 0.29) is 0 Å². The van der Waals surface area contributed by atoms with E-state index in [4.69, 9.17) is 0 Å². The minimum atomic E-state index is 0.305. The van der Waals surface area contributed by atoms with Gasteiger partial charge >= 0.3 is 0 Å². The van der Waals surface area contributed by atoms with Gasteiger partial charge < -0.3 is 15.3 Å². The minimum absolute atomic E-state index is 0.305. The Labute approximate surface area is 125 Å². The van der Waals surface area contributed by atoms with Crippen molar-refractivity contribution in [1.29, 1.82) is 0 Å². The summed E-state index contributed by atoms with van der Waals surface area (Å²) in [7, 11) is 0. The molecule has 0 aromatic heterocycles. The number of nitrogens with one attached hydrogen (secondary N) is 1. The van der Waals surface area contributed by atoms with E-state index in [1.165, 1.54) is 64.5 Å². The van der Waals surface area contributed by atoms with E-state index in [1.54, 1.807) is 0 Å². The van der Waals surface area contributed by atoms with Gasteiger partial charge in [-0.05, 0) is 63.6 Å². The fourth-order valence-electron chi connectivity index (χ4n) is 4.09. The normalized spacial score (nSPS) is 24.9. The smallest absolute Gasteiger partial charge is 0.0446 e. The van der Waals surface area contributed by atoms with Gasteiger partial charge in [0.05, 0.1) is 0 Å². The van der Waals surface area contributed by atoms with Crippen LogP contribution in [-0.2, 0) is 0 Å². The molecule has 2 aliphatic rings. The van der Waals surface area contributed by atoms with Crippen LogP contribution in [0.5, 0.6) is 0 Å². The molecule has 0 aromatic rings. The van der Waals surface area contributed by atoms with Crippen LogP contribution in [0.2, 0.25) is 0 Å². The predicted octanol–water partition coefficient (Wildman–Crippen LogP) is 2.78. The Morgan fingerprint density at radius 1 is 1.10 bits per heavy atom. The van der Waals surface area contributed by atoms with Crippen LogP contribution in [0.4, 0.5) is 0 Å². The fraction of sp³-hybridized carbons (Fsp3) is 1.00. The molecule has 2 fully saturated rings. The molecule has 2 rings (SSSR count). The molecule has 2 N–H and O–H groups in total. The number of hydrogen-bond donors (Lipinski definition) is 2. The maximum atomic E-state index is 9.21. The molecule has 3 heteroatoms. The first kappa shape index (κ1) is 16.3. The van der Waals surface area contributed by atoms with E-state index in [2.05, 4.69) is 17.1 Å². The van der Waals surface area contributed by atoms with E-state index in [0.717, 1.165) is 19.5 Å². The maximum absolute atomic E-state index is 9.21. The van der Waals surface area contributed by atoms with Gasteiger partial charge in [0.2, 0.25) is 0 Å². The lowest BCUT2D eigenvalue weighted by atomic mass is 9.68. The zero-order valence-electron chi connectivity index (χ0n) is 13.4. The van der Waals surface area contributed by atoms with Crippen molar-refractivity contribution in [3.63, 3.8) is 0 Å². The fourth-order valence-corrected chi connectivity index (χ4v) is 4.09. The molecule has 1 aliphatic carbocycles. The van der Waals surface area contributed by atoms with Crippen LogP contribution < -0.4 is 5.32 Å². The van der Waals surface area contributed by atoms with Crippen molar-refractivity contribution in [3.05, 3.63) is 0 Å². The highest BCUT2D eigenvalue weighted by Gasteiger charge is 2.35. The SMILES string of the molecule is CCCNC(CCO)CN1CCC2(CCCCC2)CC1. The highest BCUT2D eigenvalue weighted by molar-refractivity contribution is 4.89. The van der Waals surface area contributed by atoms with E-state index < -0.39 is 0 Å². The van der Waals surface area contributed by atoms with E-state index >= 15 is 0 Å². The standard InChI is InChI=1S/C17H34N2O/c1-2-11-18-16(6-14-20)15-19-12-9-17(10-13-19)7-4-3-5-8-17/h16,18,20H,2-15H2,1H3. The Hall–Kier alpha value is -0.120. The molecule has 0 aromatic carbocycles. The third-order valence-corrected chi connectivity index (χ3v) is 5.47. The van der Waals surface area contributed by atoms with E-state index in [9.17, 15) is 5.11 Å². The molecule has 1 spiro atoms. The molecule has 0 radical (unpaired) electrons. The summed E-state index contributed by atoms with van der Waals surface area (Å²) < 4.78 is 0. The second-order valence-electron chi connectivity index (χ2n) is 7.02. The molecule has 1 saturated carbocycles. The van der Waals surface area contributed by atoms with Crippen LogP contribution in [0.3, 0.4) is 0 Å². The summed E-state index contributed by atoms with van der Waals surface area (Å²) in [4.78, 5) is 2.63. The van der Waals surface area contributed by atoms with Gasteiger partial charge in [0.25, 0.3) is 0 Å². The summed E-state index contributed by atoms with van der Waals surface area (Å²) in [6.45, 7) is 7.25. The number of aliphatic hydroxyl groups is 1. The Balaban J connectivity index is 1.74. The monoisotopic (exact) mass is 282 g/mol. The minimum Gasteiger partial charge on any atom is -0.396 e. The lowest BCUT2D eigenvalue weighted by molar-refractivity contribution is 0.0610. The molecular weight excluding hydrogens is 248 g/mol. The Bertz CT molecular complexity index is 254. The number of rotatable bonds is 7. The number of hydrogen-bond acceptors (Lipinski definition) is 3. The molecule has 1 saturated heterocycles. The number of piperidine rings is 1. The van der Waals surface area contributed by atoms with E-state index in [1.807, 2.05) is 0 Å². The molecule has 1 atom stereocenters. The largest absolute Gasteiger partial charge is 0.396 e. The van der Waals surface area contributed by atoms with Crippen molar-refractivity contribution in [3.8, 4) is 0 Å². The first-order chi connectivity index (χ1) is 9.78. The molecule has 1 heterocycles. The van der Waals surface area contributed by atoms with Gasteiger partial charge in [-0.1, -0.05) is 26.2 Å². The van der Waals surface area contributed by atoms with Crippen molar-refractivity contribution in [2.45, 2.75) is 70.8 Å². The van der Waals surface area contributed by atoms with Gasteiger partial charge in [-0.3, -0.25) is 0 Å². The predicted molar refractivity (Wildman–Crippen MR) is 85.0 cm³/mol. The number of aliphatic hydroxyl groups excluding tert-OH is 1. The first-order valence-electron chi connectivity index (χ1n) is 8.84. The molecule has 118 valence electrons. The Kier molecular flexibility index (Phi) is 6.79. The topological polar surface area (TPSA) is 35.5 Å². The third-order valence-electron chi connectivity index (χ3n) is 5.47. The van der Waals surface area contributed by atoms with Gasteiger partial charge in [-0.15, -0.1) is 0 Å². The molecule has 1 unspecified atom stereocenters. The quantitative estimate of drug-likeness (QED) is 0.754. The Morgan fingerprint density at radius 2 is 1.80 bits per heavy atom. The lowest BCUT2D eigenvalue weighted by Gasteiger charge is -2.45. The van der Waals surface area contributed by atoms with Crippen LogP contribution in [-0.4, -0.2) is 48.8 Å². The van der Waals surface area contributed by atoms with Crippen LogP contribution >= 0.6 is 0 Å². The average Bonchev–Trinajstić information content (AvgIpc) is 2.48. The zero-order valence-corrected chi connectivity index (χ0v) is 13.4.